The fourth-order valence-electron chi connectivity index (χ4n) is 4.62. The predicted molar refractivity (Wildman–Crippen MR) is 128 cm³/mol. The number of rotatable bonds is 8. The zero-order valence-corrected chi connectivity index (χ0v) is 19.2. The quantitative estimate of drug-likeness (QED) is 0.483. The molecule has 0 saturated carbocycles. The summed E-state index contributed by atoms with van der Waals surface area (Å²) in [5, 5.41) is 0. The number of unbranched alkanes of at least 4 members (excludes halogenated alkanes) is 2. The molecule has 1 aromatic heterocycles. The van der Waals surface area contributed by atoms with E-state index >= 15 is 0 Å². The van der Waals surface area contributed by atoms with Gasteiger partial charge in [-0.15, -0.1) is 0 Å². The van der Waals surface area contributed by atoms with Crippen LogP contribution in [0.4, 0.5) is 0 Å². The van der Waals surface area contributed by atoms with Crippen LogP contribution in [0.3, 0.4) is 0 Å². The first kappa shape index (κ1) is 22.0. The van der Waals surface area contributed by atoms with E-state index in [1.54, 1.807) is 0 Å². The maximum Gasteiger partial charge on any atom is 0.251 e. The Hall–Kier alpha value is -3.21. The number of aryl methyl sites for hydroxylation is 1. The Bertz CT molecular complexity index is 1130. The Morgan fingerprint density at radius 2 is 1.81 bits per heavy atom. The van der Waals surface area contributed by atoms with Crippen molar-refractivity contribution in [3.05, 3.63) is 70.5 Å². The highest BCUT2D eigenvalue weighted by molar-refractivity contribution is 6.02. The second-order valence-electron chi connectivity index (χ2n) is 8.54. The summed E-state index contributed by atoms with van der Waals surface area (Å²) < 4.78 is 13.8. The lowest BCUT2D eigenvalue weighted by molar-refractivity contribution is 0.1000. The fraction of sp³-hybridized carbons (Fsp3) is 0.370. The van der Waals surface area contributed by atoms with Gasteiger partial charge in [-0.05, 0) is 49.9 Å². The smallest absolute Gasteiger partial charge is 0.251 e. The molecule has 1 amide bonds. The van der Waals surface area contributed by atoms with Crippen LogP contribution in [-0.2, 0) is 13.0 Å². The molecule has 0 atom stereocenters. The molecule has 1 aliphatic heterocycles. The molecule has 2 N–H and O–H groups in total. The third-order valence-corrected chi connectivity index (χ3v) is 6.15. The molecule has 5 nitrogen and oxygen atoms in total. The van der Waals surface area contributed by atoms with Crippen LogP contribution >= 0.6 is 0 Å². The molecule has 0 saturated heterocycles. The van der Waals surface area contributed by atoms with Gasteiger partial charge in [-0.1, -0.05) is 55.7 Å². The third kappa shape index (κ3) is 4.38. The van der Waals surface area contributed by atoms with Gasteiger partial charge in [-0.2, -0.15) is 0 Å². The topological polar surface area (TPSA) is 66.5 Å². The van der Waals surface area contributed by atoms with Crippen molar-refractivity contribution in [2.45, 2.75) is 53.0 Å². The Labute approximate surface area is 190 Å². The minimum absolute atomic E-state index is 0.396. The molecule has 2 heterocycles. The van der Waals surface area contributed by atoms with E-state index in [-0.39, 0.29) is 0 Å². The van der Waals surface area contributed by atoms with Gasteiger partial charge in [-0.25, -0.2) is 0 Å². The maximum absolute atomic E-state index is 12.7. The van der Waals surface area contributed by atoms with E-state index < -0.39 is 5.91 Å². The summed E-state index contributed by atoms with van der Waals surface area (Å²) >= 11 is 0. The summed E-state index contributed by atoms with van der Waals surface area (Å²) in [6, 6.07) is 14.4. The minimum atomic E-state index is -0.396. The Balaban J connectivity index is 1.87. The number of nitrogens with zero attached hydrogens (tertiary/aromatic N) is 1. The first-order valence-corrected chi connectivity index (χ1v) is 11.5. The maximum atomic E-state index is 12.7. The molecular formula is C27H32N2O3. The molecule has 2 aromatic carbocycles. The lowest BCUT2D eigenvalue weighted by atomic mass is 9.97. The van der Waals surface area contributed by atoms with Crippen LogP contribution < -0.4 is 15.2 Å². The largest absolute Gasteiger partial charge is 0.486 e. The van der Waals surface area contributed by atoms with Crippen molar-refractivity contribution in [3.8, 4) is 22.6 Å². The van der Waals surface area contributed by atoms with Crippen LogP contribution in [0.15, 0.2) is 42.5 Å². The van der Waals surface area contributed by atoms with Crippen molar-refractivity contribution in [2.24, 2.45) is 5.73 Å². The van der Waals surface area contributed by atoms with E-state index in [0.717, 1.165) is 53.9 Å². The first-order valence-electron chi connectivity index (χ1n) is 11.5. The van der Waals surface area contributed by atoms with Crippen LogP contribution in [0.1, 0.15) is 59.1 Å². The number of ether oxygens (including phenoxy) is 2. The zero-order chi connectivity index (χ0) is 22.7. The number of carbonyl (C=O) groups excluding carboxylic acids is 1. The molecule has 0 unspecified atom stereocenters. The van der Waals surface area contributed by atoms with Gasteiger partial charge in [0.1, 0.15) is 13.2 Å². The molecule has 0 fully saturated rings. The van der Waals surface area contributed by atoms with Crippen molar-refractivity contribution in [1.29, 1.82) is 0 Å². The standard InChI is InChI=1S/C27H32N2O3/c1-4-5-6-10-22-26(21-11-12-23-24(16-21)32-14-13-31-23)25(27(28)30)19(3)29(22)17-20-9-7-8-18(2)15-20/h7-9,11-12,15-16H,4-6,10,13-14,17H2,1-3H3,(H2,28,30). The van der Waals surface area contributed by atoms with Gasteiger partial charge in [0.05, 0.1) is 5.56 Å². The highest BCUT2D eigenvalue weighted by Gasteiger charge is 2.26. The second-order valence-corrected chi connectivity index (χ2v) is 8.54. The van der Waals surface area contributed by atoms with E-state index in [1.807, 2.05) is 25.1 Å². The van der Waals surface area contributed by atoms with E-state index in [4.69, 9.17) is 15.2 Å². The van der Waals surface area contributed by atoms with Crippen molar-refractivity contribution in [1.82, 2.24) is 4.57 Å². The Morgan fingerprint density at radius 1 is 1.03 bits per heavy atom. The number of primary amides is 1. The average Bonchev–Trinajstić information content (AvgIpc) is 3.05. The summed E-state index contributed by atoms with van der Waals surface area (Å²) in [7, 11) is 0. The van der Waals surface area contributed by atoms with Crippen molar-refractivity contribution < 1.29 is 14.3 Å². The lowest BCUT2D eigenvalue weighted by Crippen LogP contribution is -2.15. The van der Waals surface area contributed by atoms with Crippen LogP contribution in [-0.4, -0.2) is 23.7 Å². The molecule has 5 heteroatoms. The van der Waals surface area contributed by atoms with Crippen molar-refractivity contribution in [2.75, 3.05) is 13.2 Å². The van der Waals surface area contributed by atoms with E-state index in [0.29, 0.717) is 31.1 Å². The highest BCUT2D eigenvalue weighted by Crippen LogP contribution is 2.39. The number of carbonyl (C=O) groups is 1. The summed E-state index contributed by atoms with van der Waals surface area (Å²) in [6.45, 7) is 8.08. The highest BCUT2D eigenvalue weighted by atomic mass is 16.6. The summed E-state index contributed by atoms with van der Waals surface area (Å²) in [6.07, 6.45) is 4.22. The monoisotopic (exact) mass is 432 g/mol. The van der Waals surface area contributed by atoms with Gasteiger partial charge >= 0.3 is 0 Å². The van der Waals surface area contributed by atoms with Gasteiger partial charge in [0.25, 0.3) is 5.91 Å². The zero-order valence-electron chi connectivity index (χ0n) is 19.2. The average molecular weight is 433 g/mol. The molecule has 1 aliphatic rings. The third-order valence-electron chi connectivity index (χ3n) is 6.15. The van der Waals surface area contributed by atoms with Gasteiger partial charge in [0, 0.05) is 23.5 Å². The molecule has 0 bridgehead atoms. The van der Waals surface area contributed by atoms with Gasteiger partial charge in [0.2, 0.25) is 0 Å². The van der Waals surface area contributed by atoms with Crippen LogP contribution in [0.25, 0.3) is 11.1 Å². The van der Waals surface area contributed by atoms with Crippen molar-refractivity contribution >= 4 is 5.91 Å². The summed E-state index contributed by atoms with van der Waals surface area (Å²) in [5.74, 6) is 1.06. The number of nitrogens with two attached hydrogens (primary N) is 1. The first-order chi connectivity index (χ1) is 15.5. The number of amides is 1. The number of hydrogen-bond donors (Lipinski definition) is 1. The van der Waals surface area contributed by atoms with E-state index in [2.05, 4.69) is 42.7 Å². The Kier molecular flexibility index (Phi) is 6.54. The normalized spacial score (nSPS) is 12.7. The molecule has 0 radical (unpaired) electrons. The molecule has 168 valence electrons. The summed E-state index contributed by atoms with van der Waals surface area (Å²) in [5.41, 5.74) is 12.9. The number of hydrogen-bond acceptors (Lipinski definition) is 3. The molecule has 4 rings (SSSR count). The van der Waals surface area contributed by atoms with Crippen LogP contribution in [0, 0.1) is 13.8 Å². The fourth-order valence-corrected chi connectivity index (χ4v) is 4.62. The van der Waals surface area contributed by atoms with Gasteiger partial charge in [0.15, 0.2) is 11.5 Å². The lowest BCUT2D eigenvalue weighted by Gasteiger charge is -2.19. The molecule has 0 aliphatic carbocycles. The van der Waals surface area contributed by atoms with E-state index in [1.165, 1.54) is 11.1 Å². The van der Waals surface area contributed by atoms with Gasteiger partial charge in [-0.3, -0.25) is 4.79 Å². The van der Waals surface area contributed by atoms with Crippen molar-refractivity contribution in [3.63, 3.8) is 0 Å². The Morgan fingerprint density at radius 3 is 2.53 bits per heavy atom. The minimum Gasteiger partial charge on any atom is -0.486 e. The molecule has 3 aromatic rings. The van der Waals surface area contributed by atoms with Crippen LogP contribution in [0.5, 0.6) is 11.5 Å². The second kappa shape index (κ2) is 9.51. The SMILES string of the molecule is CCCCCc1c(-c2ccc3c(c2)OCCO3)c(C(N)=O)c(C)n1Cc1cccc(C)c1. The number of benzene rings is 2. The van der Waals surface area contributed by atoms with E-state index in [9.17, 15) is 4.79 Å². The number of aromatic nitrogens is 1. The molecule has 0 spiro atoms. The summed E-state index contributed by atoms with van der Waals surface area (Å²) in [4.78, 5) is 12.7. The van der Waals surface area contributed by atoms with Crippen LogP contribution in [0.2, 0.25) is 0 Å². The molecular weight excluding hydrogens is 400 g/mol. The van der Waals surface area contributed by atoms with Gasteiger partial charge < -0.3 is 19.8 Å². The molecule has 32 heavy (non-hydrogen) atoms. The predicted octanol–water partition coefficient (Wildman–Crippen LogP) is 5.42. The number of fused-ring (bicyclic) bond motifs is 1.